The lowest BCUT2D eigenvalue weighted by molar-refractivity contribution is 0.104. The van der Waals surface area contributed by atoms with E-state index < -0.39 is 10.0 Å². The maximum atomic E-state index is 12.5. The summed E-state index contributed by atoms with van der Waals surface area (Å²) >= 11 is 11.8. The molecule has 0 aliphatic heterocycles. The first-order valence-corrected chi connectivity index (χ1v) is 10.7. The van der Waals surface area contributed by atoms with Gasteiger partial charge in [-0.3, -0.25) is 9.52 Å². The van der Waals surface area contributed by atoms with Crippen molar-refractivity contribution in [1.82, 2.24) is 0 Å². The van der Waals surface area contributed by atoms with Crippen molar-refractivity contribution in [3.63, 3.8) is 0 Å². The van der Waals surface area contributed by atoms with Gasteiger partial charge in [-0.15, -0.1) is 0 Å². The average Bonchev–Trinajstić information content (AvgIpc) is 2.71. The van der Waals surface area contributed by atoms with Crippen LogP contribution in [0.3, 0.4) is 0 Å². The van der Waals surface area contributed by atoms with Crippen molar-refractivity contribution in [2.75, 3.05) is 10.0 Å². The Morgan fingerprint density at radius 2 is 1.48 bits per heavy atom. The van der Waals surface area contributed by atoms with Crippen molar-refractivity contribution < 1.29 is 13.2 Å². The van der Waals surface area contributed by atoms with Crippen molar-refractivity contribution >= 4 is 50.4 Å². The normalized spacial score (nSPS) is 11.4. The third-order valence-corrected chi connectivity index (χ3v) is 6.02. The van der Waals surface area contributed by atoms with Crippen LogP contribution in [0.1, 0.15) is 10.4 Å². The van der Waals surface area contributed by atoms with Crippen LogP contribution in [0.5, 0.6) is 0 Å². The number of sulfonamides is 1. The highest BCUT2D eigenvalue weighted by molar-refractivity contribution is 7.92. The van der Waals surface area contributed by atoms with Crippen LogP contribution in [0.25, 0.3) is 0 Å². The molecule has 0 atom stereocenters. The number of carbonyl (C=O) groups is 1. The van der Waals surface area contributed by atoms with Crippen LogP contribution in [-0.4, -0.2) is 14.2 Å². The van der Waals surface area contributed by atoms with E-state index in [1.807, 2.05) is 0 Å². The number of anilines is 2. The molecule has 0 aliphatic rings. The van der Waals surface area contributed by atoms with Crippen LogP contribution in [0, 0.1) is 0 Å². The monoisotopic (exact) mass is 446 g/mol. The quantitative estimate of drug-likeness (QED) is 0.365. The van der Waals surface area contributed by atoms with E-state index in [1.54, 1.807) is 54.6 Å². The third-order valence-electron chi connectivity index (χ3n) is 3.90. The lowest BCUT2D eigenvalue weighted by Gasteiger charge is -2.12. The van der Waals surface area contributed by atoms with Gasteiger partial charge in [0.1, 0.15) is 0 Å². The second kappa shape index (κ2) is 9.13. The summed E-state index contributed by atoms with van der Waals surface area (Å²) in [5.74, 6) is -0.279. The van der Waals surface area contributed by atoms with E-state index >= 15 is 0 Å². The highest BCUT2D eigenvalue weighted by Crippen LogP contribution is 2.25. The van der Waals surface area contributed by atoms with E-state index in [0.717, 1.165) is 0 Å². The number of benzene rings is 3. The van der Waals surface area contributed by atoms with Crippen molar-refractivity contribution in [3.05, 3.63) is 101 Å². The summed E-state index contributed by atoms with van der Waals surface area (Å²) in [4.78, 5) is 12.4. The van der Waals surface area contributed by atoms with Gasteiger partial charge in [-0.05, 0) is 42.5 Å². The number of para-hydroxylation sites is 2. The molecule has 5 nitrogen and oxygen atoms in total. The van der Waals surface area contributed by atoms with E-state index in [9.17, 15) is 13.2 Å². The number of halogens is 2. The lowest BCUT2D eigenvalue weighted by atomic mass is 10.1. The summed E-state index contributed by atoms with van der Waals surface area (Å²) in [6.45, 7) is 0. The molecule has 29 heavy (non-hydrogen) atoms. The molecule has 148 valence electrons. The molecular formula is C21H16Cl2N2O3S. The van der Waals surface area contributed by atoms with Crippen molar-refractivity contribution in [1.29, 1.82) is 0 Å². The summed E-state index contributed by atoms with van der Waals surface area (Å²) in [6, 6.07) is 19.4. The lowest BCUT2D eigenvalue weighted by Crippen LogP contribution is -2.13. The Bertz CT molecular complexity index is 1160. The number of ketones is 1. The molecular weight excluding hydrogens is 431 g/mol. The first-order valence-electron chi connectivity index (χ1n) is 8.46. The Morgan fingerprint density at radius 3 is 2.17 bits per heavy atom. The maximum Gasteiger partial charge on any atom is 0.261 e. The van der Waals surface area contributed by atoms with Crippen LogP contribution in [0.2, 0.25) is 10.0 Å². The standard InChI is InChI=1S/C21H16Cl2N2O3S/c22-17-11-10-15(14-18(17)23)21(26)12-13-24-19-8-4-5-9-20(19)25-29(27,28)16-6-2-1-3-7-16/h1-14,24-25H. The number of rotatable bonds is 7. The topological polar surface area (TPSA) is 75.3 Å². The van der Waals surface area contributed by atoms with Crippen molar-refractivity contribution in [2.24, 2.45) is 0 Å². The van der Waals surface area contributed by atoms with Crippen LogP contribution >= 0.6 is 23.2 Å². The molecule has 0 spiro atoms. The molecule has 0 aliphatic carbocycles. The number of carbonyl (C=O) groups excluding carboxylic acids is 1. The molecule has 2 N–H and O–H groups in total. The van der Waals surface area contributed by atoms with Gasteiger partial charge in [0.25, 0.3) is 10.0 Å². The van der Waals surface area contributed by atoms with Gasteiger partial charge >= 0.3 is 0 Å². The molecule has 0 saturated carbocycles. The van der Waals surface area contributed by atoms with Crippen LogP contribution in [0.15, 0.2) is 90.0 Å². The first-order chi connectivity index (χ1) is 13.9. The largest absolute Gasteiger partial charge is 0.360 e. The van der Waals surface area contributed by atoms with Gasteiger partial charge in [0.15, 0.2) is 5.78 Å². The van der Waals surface area contributed by atoms with Gasteiger partial charge < -0.3 is 5.32 Å². The zero-order valence-electron chi connectivity index (χ0n) is 15.0. The van der Waals surface area contributed by atoms with Gasteiger partial charge in [-0.2, -0.15) is 0 Å². The second-order valence-corrected chi connectivity index (χ2v) is 8.43. The Labute approximate surface area is 179 Å². The molecule has 0 bridgehead atoms. The minimum absolute atomic E-state index is 0.153. The fraction of sp³-hybridized carbons (Fsp3) is 0. The van der Waals surface area contributed by atoms with E-state index in [-0.39, 0.29) is 10.7 Å². The van der Waals surface area contributed by atoms with Crippen LogP contribution < -0.4 is 10.0 Å². The summed E-state index contributed by atoms with van der Waals surface area (Å²) in [5.41, 5.74) is 1.23. The van der Waals surface area contributed by atoms with Gasteiger partial charge in [0, 0.05) is 17.8 Å². The predicted molar refractivity (Wildman–Crippen MR) is 117 cm³/mol. The van der Waals surface area contributed by atoms with Crippen LogP contribution in [0.4, 0.5) is 11.4 Å². The molecule has 0 saturated heterocycles. The van der Waals surface area contributed by atoms with Gasteiger partial charge in [0.2, 0.25) is 0 Å². The zero-order chi connectivity index (χ0) is 20.9. The van der Waals surface area contributed by atoms with E-state index in [1.165, 1.54) is 30.5 Å². The maximum absolute atomic E-state index is 12.5. The first kappa shape index (κ1) is 20.9. The molecule has 0 fully saturated rings. The Balaban J connectivity index is 1.75. The number of allylic oxidation sites excluding steroid dienone is 1. The zero-order valence-corrected chi connectivity index (χ0v) is 17.3. The smallest absolute Gasteiger partial charge is 0.261 e. The second-order valence-electron chi connectivity index (χ2n) is 5.93. The molecule has 8 heteroatoms. The summed E-state index contributed by atoms with van der Waals surface area (Å²) in [7, 11) is -3.74. The molecule has 0 heterocycles. The number of nitrogens with one attached hydrogen (secondary N) is 2. The summed E-state index contributed by atoms with van der Waals surface area (Å²) in [6.07, 6.45) is 2.75. The molecule has 0 amide bonds. The van der Waals surface area contributed by atoms with E-state index in [2.05, 4.69) is 10.0 Å². The highest BCUT2D eigenvalue weighted by Gasteiger charge is 2.15. The van der Waals surface area contributed by atoms with Crippen LogP contribution in [-0.2, 0) is 10.0 Å². The molecule has 0 aromatic heterocycles. The Hall–Kier alpha value is -2.80. The third kappa shape index (κ3) is 5.38. The molecule has 3 aromatic rings. The minimum atomic E-state index is -3.74. The van der Waals surface area contributed by atoms with Gasteiger partial charge in [0.05, 0.1) is 26.3 Å². The average molecular weight is 447 g/mol. The SMILES string of the molecule is O=C(C=CNc1ccccc1NS(=O)(=O)c1ccccc1)c1ccc(Cl)c(Cl)c1. The fourth-order valence-electron chi connectivity index (χ4n) is 2.45. The number of hydrogen-bond acceptors (Lipinski definition) is 4. The van der Waals surface area contributed by atoms with E-state index in [0.29, 0.717) is 27.0 Å². The van der Waals surface area contributed by atoms with E-state index in [4.69, 9.17) is 23.2 Å². The summed E-state index contributed by atoms with van der Waals surface area (Å²) in [5, 5.41) is 3.58. The van der Waals surface area contributed by atoms with Gasteiger partial charge in [-0.1, -0.05) is 53.5 Å². The summed E-state index contributed by atoms with van der Waals surface area (Å²) < 4.78 is 27.6. The fourth-order valence-corrected chi connectivity index (χ4v) is 3.85. The molecule has 0 unspecified atom stereocenters. The Kier molecular flexibility index (Phi) is 6.59. The Morgan fingerprint density at radius 1 is 0.828 bits per heavy atom. The van der Waals surface area contributed by atoms with Gasteiger partial charge in [-0.25, -0.2) is 8.42 Å². The predicted octanol–water partition coefficient (Wildman–Crippen LogP) is 5.60. The van der Waals surface area contributed by atoms with Crippen molar-refractivity contribution in [2.45, 2.75) is 4.90 Å². The van der Waals surface area contributed by atoms with Crippen molar-refractivity contribution in [3.8, 4) is 0 Å². The molecule has 0 radical (unpaired) electrons. The highest BCUT2D eigenvalue weighted by atomic mass is 35.5. The number of hydrogen-bond donors (Lipinski definition) is 2. The molecule has 3 aromatic carbocycles. The minimum Gasteiger partial charge on any atom is -0.360 e. The molecule has 3 rings (SSSR count).